The molecule has 3 aromatic carbocycles. The summed E-state index contributed by atoms with van der Waals surface area (Å²) in [4.78, 5) is 20.9. The van der Waals surface area contributed by atoms with Crippen molar-refractivity contribution < 1.29 is 31.8 Å². The largest absolute Gasteiger partial charge is 0.471 e. The molecule has 8 nitrogen and oxygen atoms in total. The highest BCUT2D eigenvalue weighted by molar-refractivity contribution is 5.94. The average Bonchev–Trinajstić information content (AvgIpc) is 3.74. The van der Waals surface area contributed by atoms with Crippen LogP contribution in [0.15, 0.2) is 60.7 Å². The van der Waals surface area contributed by atoms with Gasteiger partial charge in [0.2, 0.25) is 0 Å². The molecule has 1 aliphatic rings. The Bertz CT molecular complexity index is 2130. The maximum atomic E-state index is 15.6. The number of halogens is 4. The normalized spacial score (nSPS) is 13.2. The van der Waals surface area contributed by atoms with Crippen LogP contribution in [0, 0.1) is 51.3 Å². The number of aromatic nitrogens is 3. The second-order valence-corrected chi connectivity index (χ2v) is 11.4. The lowest BCUT2D eigenvalue weighted by molar-refractivity contribution is 0.0600. The number of hydrogen-bond acceptors (Lipinski definition) is 7. The number of fused-ring (bicyclic) bond motifs is 1. The van der Waals surface area contributed by atoms with E-state index in [1.807, 2.05) is 6.07 Å². The van der Waals surface area contributed by atoms with Gasteiger partial charge in [-0.3, -0.25) is 0 Å². The molecule has 0 amide bonds. The first-order valence-electron chi connectivity index (χ1n) is 14.5. The first kappa shape index (κ1) is 31.2. The van der Waals surface area contributed by atoms with E-state index in [1.165, 1.54) is 43.5 Å². The minimum atomic E-state index is -0.800. The summed E-state index contributed by atoms with van der Waals surface area (Å²) in [5, 5.41) is 18.3. The average molecular weight is 640 g/mol. The first-order chi connectivity index (χ1) is 22.6. The van der Waals surface area contributed by atoms with Crippen LogP contribution in [0.5, 0.6) is 5.88 Å². The van der Waals surface area contributed by atoms with Gasteiger partial charge in [-0.1, -0.05) is 18.2 Å². The topological polar surface area (TPSA) is 114 Å². The molecule has 6 rings (SSSR count). The summed E-state index contributed by atoms with van der Waals surface area (Å²) in [5.74, 6) is -3.62. The Kier molecular flexibility index (Phi) is 8.35. The van der Waals surface area contributed by atoms with E-state index in [9.17, 15) is 18.8 Å². The monoisotopic (exact) mass is 639 g/mol. The van der Waals surface area contributed by atoms with Crippen LogP contribution in [0.2, 0.25) is 0 Å². The SMILES string of the molecule is COC(=O)c1cc(F)c2nc(Cc3ccc(-c4ccc(F)c(OCc5ccc(C#N)cc5F)n4)cc3F)n(CC3(CC#N)CC3)c2c1. The number of nitrogens with zero attached hydrogens (tertiary/aromatic N) is 5. The van der Waals surface area contributed by atoms with Crippen molar-refractivity contribution in [1.82, 2.24) is 14.5 Å². The third kappa shape index (κ3) is 6.36. The summed E-state index contributed by atoms with van der Waals surface area (Å²) < 4.78 is 71.5. The van der Waals surface area contributed by atoms with Crippen molar-refractivity contribution in [2.24, 2.45) is 5.41 Å². The number of esters is 1. The zero-order valence-corrected chi connectivity index (χ0v) is 25.0. The number of pyridine rings is 1. The number of carbonyl (C=O) groups is 1. The van der Waals surface area contributed by atoms with Gasteiger partial charge < -0.3 is 14.0 Å². The van der Waals surface area contributed by atoms with E-state index in [1.54, 1.807) is 10.6 Å². The number of nitriles is 2. The van der Waals surface area contributed by atoms with Crippen LogP contribution in [0.1, 0.15) is 52.1 Å². The number of carbonyl (C=O) groups excluding carboxylic acids is 1. The van der Waals surface area contributed by atoms with Gasteiger partial charge in [0.25, 0.3) is 5.88 Å². The zero-order chi connectivity index (χ0) is 33.3. The predicted octanol–water partition coefficient (Wildman–Crippen LogP) is 7.18. The quantitative estimate of drug-likeness (QED) is 0.118. The molecule has 0 radical (unpaired) electrons. The van der Waals surface area contributed by atoms with Crippen molar-refractivity contribution in [2.45, 2.75) is 38.8 Å². The fourth-order valence-electron chi connectivity index (χ4n) is 5.43. The summed E-state index contributed by atoms with van der Waals surface area (Å²) >= 11 is 0. The summed E-state index contributed by atoms with van der Waals surface area (Å²) in [6, 6.07) is 17.2. The molecule has 12 heteroatoms. The summed E-state index contributed by atoms with van der Waals surface area (Å²) in [7, 11) is 1.19. The Balaban J connectivity index is 1.29. The van der Waals surface area contributed by atoms with Crippen molar-refractivity contribution in [3.63, 3.8) is 0 Å². The van der Waals surface area contributed by atoms with E-state index >= 15 is 8.78 Å². The standard InChI is InChI=1S/C35H25F4N5O3/c1-46-34(45)24-14-28(39)32-30(15-24)44(19-35(8-9-35)10-11-40)31(43-32)16-21-4-5-22(13-27(21)38)29-7-6-25(36)33(42-29)47-18-23-3-2-20(17-41)12-26(23)37/h2-7,12-15H,8-10,16,18-19H2,1H3. The first-order valence-corrected chi connectivity index (χ1v) is 14.5. The highest BCUT2D eigenvalue weighted by atomic mass is 19.1. The van der Waals surface area contributed by atoms with Crippen LogP contribution < -0.4 is 4.74 Å². The van der Waals surface area contributed by atoms with E-state index < -0.39 is 35.1 Å². The minimum absolute atomic E-state index is 0.00282. The Hall–Kier alpha value is -5.75. The number of hydrogen-bond donors (Lipinski definition) is 0. The molecule has 0 unspecified atom stereocenters. The van der Waals surface area contributed by atoms with Crippen LogP contribution in [0.3, 0.4) is 0 Å². The molecular formula is C35H25F4N5O3. The van der Waals surface area contributed by atoms with Gasteiger partial charge in [-0.05, 0) is 60.9 Å². The Morgan fingerprint density at radius 2 is 1.68 bits per heavy atom. The molecular weight excluding hydrogens is 614 g/mol. The van der Waals surface area contributed by atoms with Gasteiger partial charge in [-0.25, -0.2) is 32.3 Å². The molecule has 0 N–H and O–H groups in total. The third-order valence-electron chi connectivity index (χ3n) is 8.27. The number of rotatable bonds is 10. The minimum Gasteiger partial charge on any atom is -0.471 e. The van der Waals surface area contributed by atoms with Crippen molar-refractivity contribution in [3.8, 4) is 29.3 Å². The number of benzene rings is 3. The van der Waals surface area contributed by atoms with Crippen LogP contribution in [0.4, 0.5) is 17.6 Å². The van der Waals surface area contributed by atoms with Gasteiger partial charge in [-0.15, -0.1) is 0 Å². The summed E-state index contributed by atoms with van der Waals surface area (Å²) in [5.41, 5.74) is 1.01. The number of methoxy groups -OCH3 is 1. The van der Waals surface area contributed by atoms with E-state index in [-0.39, 0.29) is 58.3 Å². The lowest BCUT2D eigenvalue weighted by Crippen LogP contribution is -2.15. The molecule has 47 heavy (non-hydrogen) atoms. The van der Waals surface area contributed by atoms with E-state index in [0.717, 1.165) is 31.0 Å². The molecule has 0 saturated heterocycles. The lowest BCUT2D eigenvalue weighted by atomic mass is 10.0. The highest BCUT2D eigenvalue weighted by Gasteiger charge is 2.43. The fourth-order valence-corrected chi connectivity index (χ4v) is 5.43. The third-order valence-corrected chi connectivity index (χ3v) is 8.27. The van der Waals surface area contributed by atoms with Gasteiger partial charge in [0, 0.05) is 35.9 Å². The number of ether oxygens (including phenoxy) is 2. The van der Waals surface area contributed by atoms with Gasteiger partial charge in [0.1, 0.15) is 29.6 Å². The summed E-state index contributed by atoms with van der Waals surface area (Å²) in [6.45, 7) is -0.0125. The van der Waals surface area contributed by atoms with Crippen LogP contribution in [0.25, 0.3) is 22.3 Å². The molecule has 5 aromatic rings. The molecule has 2 aromatic heterocycles. The van der Waals surface area contributed by atoms with Crippen LogP contribution >= 0.6 is 0 Å². The fraction of sp³-hybridized carbons (Fsp3) is 0.229. The van der Waals surface area contributed by atoms with E-state index in [2.05, 4.69) is 16.0 Å². The molecule has 236 valence electrons. The van der Waals surface area contributed by atoms with Crippen molar-refractivity contribution in [2.75, 3.05) is 7.11 Å². The van der Waals surface area contributed by atoms with Crippen LogP contribution in [-0.4, -0.2) is 27.6 Å². The molecule has 1 fully saturated rings. The van der Waals surface area contributed by atoms with Gasteiger partial charge in [0.15, 0.2) is 11.6 Å². The maximum absolute atomic E-state index is 15.6. The van der Waals surface area contributed by atoms with Gasteiger partial charge in [0.05, 0.1) is 41.6 Å². The second-order valence-electron chi connectivity index (χ2n) is 11.4. The van der Waals surface area contributed by atoms with Crippen molar-refractivity contribution in [3.05, 3.63) is 112 Å². The highest BCUT2D eigenvalue weighted by Crippen LogP contribution is 2.50. The molecule has 0 aliphatic heterocycles. The molecule has 2 heterocycles. The van der Waals surface area contributed by atoms with Gasteiger partial charge >= 0.3 is 5.97 Å². The predicted molar refractivity (Wildman–Crippen MR) is 161 cm³/mol. The molecule has 0 atom stereocenters. The second kappa shape index (κ2) is 12.6. The molecule has 0 bridgehead atoms. The lowest BCUT2D eigenvalue weighted by Gasteiger charge is -2.16. The molecule has 0 spiro atoms. The Labute approximate surface area is 266 Å². The van der Waals surface area contributed by atoms with Crippen molar-refractivity contribution >= 4 is 17.0 Å². The smallest absolute Gasteiger partial charge is 0.338 e. The Morgan fingerprint density at radius 1 is 0.915 bits per heavy atom. The molecule has 1 aliphatic carbocycles. The number of imidazole rings is 1. The van der Waals surface area contributed by atoms with E-state index in [4.69, 9.17) is 14.7 Å². The molecule has 1 saturated carbocycles. The summed E-state index contributed by atoms with van der Waals surface area (Å²) in [6.07, 6.45) is 1.84. The maximum Gasteiger partial charge on any atom is 0.338 e. The Morgan fingerprint density at radius 3 is 2.36 bits per heavy atom. The van der Waals surface area contributed by atoms with Gasteiger partial charge in [-0.2, -0.15) is 10.5 Å². The zero-order valence-electron chi connectivity index (χ0n) is 25.0. The van der Waals surface area contributed by atoms with Crippen LogP contribution in [-0.2, 0) is 24.3 Å². The van der Waals surface area contributed by atoms with E-state index in [0.29, 0.717) is 23.4 Å². The van der Waals surface area contributed by atoms with Crippen molar-refractivity contribution in [1.29, 1.82) is 10.5 Å².